The molecule has 4 aromatic rings. The molecule has 0 aliphatic rings. The Bertz CT molecular complexity index is 1530. The van der Waals surface area contributed by atoms with Gasteiger partial charge < -0.3 is 5.84 Å². The molecule has 12 nitrogen and oxygen atoms in total. The smallest absolute Gasteiger partial charge is 0.240 e. The molecular weight excluding hydrogens is 482 g/mol. The number of nitrogens with zero attached hydrogens (tertiary/aromatic N) is 4. The van der Waals surface area contributed by atoms with Crippen molar-refractivity contribution in [2.45, 2.75) is 16.4 Å². The summed E-state index contributed by atoms with van der Waals surface area (Å²) in [5.41, 5.74) is 0.428. The number of rotatable bonds is 9. The Morgan fingerprint density at radius 3 is 2.15 bits per heavy atom. The van der Waals surface area contributed by atoms with E-state index >= 15 is 0 Å². The van der Waals surface area contributed by atoms with Crippen LogP contribution in [0.1, 0.15) is 27.7 Å². The quantitative estimate of drug-likeness (QED) is 0.221. The van der Waals surface area contributed by atoms with Crippen molar-refractivity contribution < 1.29 is 21.6 Å². The fraction of sp³-hybridized carbons (Fsp3) is 0.100. The lowest BCUT2D eigenvalue weighted by Gasteiger charge is -2.08. The number of sulfone groups is 1. The zero-order chi connectivity index (χ0) is 24.3. The largest absolute Gasteiger partial charge is 0.336 e. The first-order chi connectivity index (χ1) is 16.2. The third-order valence-corrected chi connectivity index (χ3v) is 7.53. The first-order valence-corrected chi connectivity index (χ1v) is 13.1. The van der Waals surface area contributed by atoms with Crippen molar-refractivity contribution in [2.24, 2.45) is 0 Å². The van der Waals surface area contributed by atoms with E-state index in [0.717, 1.165) is 10.9 Å². The number of aromatic amines is 1. The summed E-state index contributed by atoms with van der Waals surface area (Å²) in [6.07, 6.45) is 1.03. The van der Waals surface area contributed by atoms with Crippen LogP contribution in [-0.2, 0) is 31.4 Å². The molecule has 0 saturated carbocycles. The fourth-order valence-electron chi connectivity index (χ4n) is 3.10. The standard InChI is InChI=1S/C20H19N7O5S2/c21-27-17(23-24-18(27)13-34(31,32)26-15-9-5-2-6-10-15)12-33(29,30)16-11-22-25-19(16)20(28)14-7-3-1-4-8-14/h1-11,26H,12-13,21H2,(H,22,25). The molecule has 176 valence electrons. The van der Waals surface area contributed by atoms with Gasteiger partial charge in [0.15, 0.2) is 21.5 Å². The summed E-state index contributed by atoms with van der Waals surface area (Å²) in [6.45, 7) is 0. The van der Waals surface area contributed by atoms with Crippen LogP contribution in [0.15, 0.2) is 71.8 Å². The topological polar surface area (TPSA) is 183 Å². The van der Waals surface area contributed by atoms with Gasteiger partial charge in [0.2, 0.25) is 15.8 Å². The van der Waals surface area contributed by atoms with Gasteiger partial charge in [0.05, 0.1) is 6.20 Å². The van der Waals surface area contributed by atoms with Gasteiger partial charge in [-0.2, -0.15) is 5.10 Å². The molecular formula is C20H19N7O5S2. The Balaban J connectivity index is 1.54. The number of carbonyl (C=O) groups is 1. The van der Waals surface area contributed by atoms with Gasteiger partial charge in [0, 0.05) is 11.3 Å². The van der Waals surface area contributed by atoms with Gasteiger partial charge >= 0.3 is 0 Å². The van der Waals surface area contributed by atoms with Crippen LogP contribution in [0.3, 0.4) is 0 Å². The van der Waals surface area contributed by atoms with E-state index in [4.69, 9.17) is 5.84 Å². The molecule has 4 rings (SSSR count). The van der Waals surface area contributed by atoms with E-state index in [9.17, 15) is 21.6 Å². The summed E-state index contributed by atoms with van der Waals surface area (Å²) in [5, 5.41) is 13.6. The molecule has 34 heavy (non-hydrogen) atoms. The number of hydrogen-bond acceptors (Lipinski definition) is 9. The van der Waals surface area contributed by atoms with Gasteiger partial charge in [0.1, 0.15) is 22.1 Å². The van der Waals surface area contributed by atoms with Gasteiger partial charge in [-0.05, 0) is 12.1 Å². The number of anilines is 1. The Hall–Kier alpha value is -4.04. The average Bonchev–Trinajstić information content (AvgIpc) is 3.43. The molecule has 0 unspecified atom stereocenters. The fourth-order valence-corrected chi connectivity index (χ4v) is 5.56. The molecule has 4 N–H and O–H groups in total. The highest BCUT2D eigenvalue weighted by molar-refractivity contribution is 7.92. The van der Waals surface area contributed by atoms with Gasteiger partial charge in [-0.1, -0.05) is 48.5 Å². The Kier molecular flexibility index (Phi) is 6.17. The molecule has 0 saturated heterocycles. The second kappa shape index (κ2) is 9.07. The highest BCUT2D eigenvalue weighted by Gasteiger charge is 2.29. The van der Waals surface area contributed by atoms with Crippen molar-refractivity contribution >= 4 is 31.3 Å². The summed E-state index contributed by atoms with van der Waals surface area (Å²) in [7, 11) is -8.03. The number of benzene rings is 2. The highest BCUT2D eigenvalue weighted by Crippen LogP contribution is 2.21. The van der Waals surface area contributed by atoms with E-state index in [1.165, 1.54) is 0 Å². The molecule has 0 spiro atoms. The van der Waals surface area contributed by atoms with Crippen molar-refractivity contribution in [2.75, 3.05) is 10.6 Å². The number of sulfonamides is 1. The molecule has 0 radical (unpaired) electrons. The van der Waals surface area contributed by atoms with Crippen molar-refractivity contribution in [3.63, 3.8) is 0 Å². The molecule has 0 atom stereocenters. The predicted octanol–water partition coefficient (Wildman–Crippen LogP) is 0.862. The van der Waals surface area contributed by atoms with Crippen LogP contribution >= 0.6 is 0 Å². The monoisotopic (exact) mass is 501 g/mol. The van der Waals surface area contributed by atoms with E-state index in [0.29, 0.717) is 5.69 Å². The molecule has 0 fully saturated rings. The van der Waals surface area contributed by atoms with E-state index in [2.05, 4.69) is 25.1 Å². The molecule has 2 aromatic carbocycles. The summed E-state index contributed by atoms with van der Waals surface area (Å²) >= 11 is 0. The maximum absolute atomic E-state index is 13.0. The number of nitrogen functional groups attached to an aromatic ring is 1. The molecule has 2 aromatic heterocycles. The second-order valence-electron chi connectivity index (χ2n) is 7.19. The predicted molar refractivity (Wildman–Crippen MR) is 122 cm³/mol. The molecule has 0 aliphatic heterocycles. The van der Waals surface area contributed by atoms with Gasteiger partial charge in [-0.15, -0.1) is 10.2 Å². The summed E-state index contributed by atoms with van der Waals surface area (Å²) < 4.78 is 54.1. The summed E-state index contributed by atoms with van der Waals surface area (Å²) in [5.74, 6) is 3.62. The van der Waals surface area contributed by atoms with Gasteiger partial charge in [-0.25, -0.2) is 21.5 Å². The van der Waals surface area contributed by atoms with Crippen LogP contribution in [0.25, 0.3) is 0 Å². The maximum atomic E-state index is 13.0. The number of aromatic nitrogens is 5. The van der Waals surface area contributed by atoms with Crippen LogP contribution in [-0.4, -0.2) is 47.7 Å². The van der Waals surface area contributed by atoms with E-state index < -0.39 is 37.1 Å². The maximum Gasteiger partial charge on any atom is 0.240 e. The molecule has 14 heteroatoms. The van der Waals surface area contributed by atoms with Crippen molar-refractivity contribution in [3.8, 4) is 0 Å². The minimum absolute atomic E-state index is 0.165. The van der Waals surface area contributed by atoms with Crippen LogP contribution in [0.2, 0.25) is 0 Å². The third-order valence-electron chi connectivity index (χ3n) is 4.73. The average molecular weight is 502 g/mol. The van der Waals surface area contributed by atoms with Crippen LogP contribution < -0.4 is 10.6 Å². The third kappa shape index (κ3) is 4.97. The van der Waals surface area contributed by atoms with E-state index in [1.807, 2.05) is 0 Å². The lowest BCUT2D eigenvalue weighted by molar-refractivity contribution is 0.103. The molecule has 0 aliphatic carbocycles. The minimum atomic E-state index is -4.14. The zero-order valence-electron chi connectivity index (χ0n) is 17.5. The van der Waals surface area contributed by atoms with Crippen molar-refractivity contribution in [3.05, 3.63) is 89.8 Å². The molecule has 0 bridgehead atoms. The zero-order valence-corrected chi connectivity index (χ0v) is 19.1. The van der Waals surface area contributed by atoms with Crippen molar-refractivity contribution in [1.29, 1.82) is 0 Å². The number of H-pyrrole nitrogens is 1. The normalized spacial score (nSPS) is 11.9. The van der Waals surface area contributed by atoms with E-state index in [-0.39, 0.29) is 27.8 Å². The number of para-hydroxylation sites is 1. The number of carbonyl (C=O) groups excluding carboxylic acids is 1. The Labute approximate surface area is 194 Å². The Morgan fingerprint density at radius 1 is 0.912 bits per heavy atom. The first kappa shape index (κ1) is 23.1. The summed E-state index contributed by atoms with van der Waals surface area (Å²) in [6, 6.07) is 16.3. The SMILES string of the molecule is Nn1c(CS(=O)(=O)Nc2ccccc2)nnc1CS(=O)(=O)c1cn[nH]c1C(=O)c1ccccc1. The van der Waals surface area contributed by atoms with Gasteiger partial charge in [-0.3, -0.25) is 14.6 Å². The molecule has 0 amide bonds. The van der Waals surface area contributed by atoms with Crippen LogP contribution in [0.5, 0.6) is 0 Å². The number of nitrogens with two attached hydrogens (primary N) is 1. The van der Waals surface area contributed by atoms with Crippen LogP contribution in [0, 0.1) is 0 Å². The minimum Gasteiger partial charge on any atom is -0.336 e. The summed E-state index contributed by atoms with van der Waals surface area (Å²) in [4.78, 5) is 12.4. The van der Waals surface area contributed by atoms with Crippen molar-refractivity contribution in [1.82, 2.24) is 25.1 Å². The Morgan fingerprint density at radius 2 is 1.50 bits per heavy atom. The first-order valence-electron chi connectivity index (χ1n) is 9.76. The number of nitrogens with one attached hydrogen (secondary N) is 2. The number of hydrogen-bond donors (Lipinski definition) is 3. The highest BCUT2D eigenvalue weighted by atomic mass is 32.2. The molecule has 2 heterocycles. The van der Waals surface area contributed by atoms with Crippen LogP contribution in [0.4, 0.5) is 5.69 Å². The lowest BCUT2D eigenvalue weighted by Crippen LogP contribution is -2.23. The number of ketones is 1. The van der Waals surface area contributed by atoms with E-state index in [1.54, 1.807) is 60.7 Å². The lowest BCUT2D eigenvalue weighted by atomic mass is 10.1. The van der Waals surface area contributed by atoms with Gasteiger partial charge in [0.25, 0.3) is 0 Å². The second-order valence-corrected chi connectivity index (χ2v) is 10.9.